The Morgan fingerprint density at radius 1 is 1.55 bits per heavy atom. The third-order valence-corrected chi connectivity index (χ3v) is 0.978. The van der Waals surface area contributed by atoms with Gasteiger partial charge in [0, 0.05) is 0 Å². The van der Waals surface area contributed by atoms with Crippen LogP contribution in [0.4, 0.5) is 0 Å². The van der Waals surface area contributed by atoms with E-state index < -0.39 is 11.8 Å². The number of Topliss-reactive ketones (excluding diaryl/α,β-unsaturated/α-hetero) is 1. The van der Waals surface area contributed by atoms with Crippen LogP contribution in [0.15, 0.2) is 11.8 Å². The predicted molar refractivity (Wildman–Crippen MR) is 38.0 cm³/mol. The summed E-state index contributed by atoms with van der Waals surface area (Å²) in [7, 11) is 0. The predicted octanol–water partition coefficient (Wildman–Crippen LogP) is 0.580. The molecule has 0 fully saturated rings. The first kappa shape index (κ1) is 9.68. The van der Waals surface area contributed by atoms with E-state index in [1.807, 2.05) is 0 Å². The first-order valence-electron chi connectivity index (χ1n) is 3.15. The molecule has 0 saturated heterocycles. The molecule has 11 heavy (non-hydrogen) atoms. The summed E-state index contributed by atoms with van der Waals surface area (Å²) >= 11 is 0. The van der Waals surface area contributed by atoms with Crippen LogP contribution in [0, 0.1) is 0 Å². The van der Waals surface area contributed by atoms with Crippen molar-refractivity contribution >= 4 is 11.8 Å². The summed E-state index contributed by atoms with van der Waals surface area (Å²) in [6.45, 7) is 3.24. The number of carbonyl (C=O) groups excluding carboxylic acids is 1. The standard InChI is InChI=1S/C7H10O4/c1-3-11-4-6(5(2)8)7(9)10/h4H,3H2,1-2H3,(H,9,10)/b6-4-. The van der Waals surface area contributed by atoms with E-state index in [1.165, 1.54) is 6.92 Å². The Morgan fingerprint density at radius 3 is 2.36 bits per heavy atom. The molecule has 0 amide bonds. The van der Waals surface area contributed by atoms with Gasteiger partial charge in [0.05, 0.1) is 6.61 Å². The molecule has 0 heterocycles. The summed E-state index contributed by atoms with van der Waals surface area (Å²) in [4.78, 5) is 20.8. The molecule has 0 saturated carbocycles. The van der Waals surface area contributed by atoms with Crippen molar-refractivity contribution in [3.8, 4) is 0 Å². The number of aliphatic carboxylic acids is 1. The number of carboxylic acid groups (broad SMARTS) is 1. The van der Waals surface area contributed by atoms with Crippen LogP contribution >= 0.6 is 0 Å². The fourth-order valence-corrected chi connectivity index (χ4v) is 0.451. The minimum atomic E-state index is -1.26. The molecule has 0 aromatic heterocycles. The van der Waals surface area contributed by atoms with Gasteiger partial charge in [0.1, 0.15) is 11.8 Å². The largest absolute Gasteiger partial charge is 0.500 e. The average Bonchev–Trinajstić information content (AvgIpc) is 1.87. The topological polar surface area (TPSA) is 63.6 Å². The van der Waals surface area contributed by atoms with Gasteiger partial charge in [0.15, 0.2) is 5.78 Å². The number of carbonyl (C=O) groups is 2. The Labute approximate surface area is 64.5 Å². The lowest BCUT2D eigenvalue weighted by atomic mass is 10.2. The van der Waals surface area contributed by atoms with Crippen LogP contribution in [0.25, 0.3) is 0 Å². The SMILES string of the molecule is CCO/C=C(/C(C)=O)C(=O)O. The molecule has 0 bridgehead atoms. The zero-order chi connectivity index (χ0) is 8.85. The van der Waals surface area contributed by atoms with E-state index in [1.54, 1.807) is 6.92 Å². The van der Waals surface area contributed by atoms with Crippen LogP contribution in [-0.2, 0) is 14.3 Å². The van der Waals surface area contributed by atoms with Crippen molar-refractivity contribution in [2.24, 2.45) is 0 Å². The molecule has 0 rings (SSSR count). The Hall–Kier alpha value is -1.32. The number of ether oxygens (including phenoxy) is 1. The number of hydrogen-bond acceptors (Lipinski definition) is 3. The second-order valence-electron chi connectivity index (χ2n) is 1.85. The summed E-state index contributed by atoms with van der Waals surface area (Å²) in [5, 5.41) is 8.40. The van der Waals surface area contributed by atoms with Crippen LogP contribution in [-0.4, -0.2) is 23.5 Å². The van der Waals surface area contributed by atoms with Gasteiger partial charge in [-0.3, -0.25) is 4.79 Å². The van der Waals surface area contributed by atoms with E-state index in [9.17, 15) is 9.59 Å². The molecule has 0 aromatic rings. The van der Waals surface area contributed by atoms with Gasteiger partial charge in [-0.05, 0) is 13.8 Å². The minimum absolute atomic E-state index is 0.327. The van der Waals surface area contributed by atoms with Gasteiger partial charge in [-0.2, -0.15) is 0 Å². The van der Waals surface area contributed by atoms with Gasteiger partial charge >= 0.3 is 5.97 Å². The maximum absolute atomic E-state index is 10.6. The van der Waals surface area contributed by atoms with Gasteiger partial charge < -0.3 is 9.84 Å². The third-order valence-electron chi connectivity index (χ3n) is 0.978. The van der Waals surface area contributed by atoms with E-state index in [0.29, 0.717) is 6.61 Å². The maximum Gasteiger partial charge on any atom is 0.342 e. The normalized spacial score (nSPS) is 10.9. The molecule has 4 nitrogen and oxygen atoms in total. The van der Waals surface area contributed by atoms with Crippen molar-refractivity contribution in [2.75, 3.05) is 6.61 Å². The molecule has 0 aromatic carbocycles. The highest BCUT2D eigenvalue weighted by Crippen LogP contribution is 1.96. The van der Waals surface area contributed by atoms with Crippen molar-refractivity contribution in [3.63, 3.8) is 0 Å². The minimum Gasteiger partial charge on any atom is -0.500 e. The number of rotatable bonds is 4. The molecule has 1 N–H and O–H groups in total. The monoisotopic (exact) mass is 158 g/mol. The summed E-state index contributed by atoms with van der Waals surface area (Å²) in [6.07, 6.45) is 0.963. The Bertz CT molecular complexity index is 177. The number of ketones is 1. The molecule has 0 unspecified atom stereocenters. The zero-order valence-corrected chi connectivity index (χ0v) is 6.46. The van der Waals surface area contributed by atoms with E-state index in [0.717, 1.165) is 6.26 Å². The molecule has 0 aliphatic heterocycles. The van der Waals surface area contributed by atoms with E-state index in [-0.39, 0.29) is 5.57 Å². The van der Waals surface area contributed by atoms with Crippen LogP contribution < -0.4 is 0 Å². The lowest BCUT2D eigenvalue weighted by Crippen LogP contribution is -2.09. The van der Waals surface area contributed by atoms with Crippen molar-refractivity contribution in [3.05, 3.63) is 11.8 Å². The summed E-state index contributed by atoms with van der Waals surface area (Å²) in [6, 6.07) is 0. The highest BCUT2D eigenvalue weighted by atomic mass is 16.5. The van der Waals surface area contributed by atoms with Crippen molar-refractivity contribution in [2.45, 2.75) is 13.8 Å². The molecule has 0 radical (unpaired) electrons. The number of hydrogen-bond donors (Lipinski definition) is 1. The fourth-order valence-electron chi connectivity index (χ4n) is 0.451. The molecule has 0 aliphatic carbocycles. The first-order chi connectivity index (χ1) is 5.09. The van der Waals surface area contributed by atoms with Gasteiger partial charge in [0.2, 0.25) is 0 Å². The Kier molecular flexibility index (Phi) is 3.95. The van der Waals surface area contributed by atoms with Gasteiger partial charge in [-0.25, -0.2) is 4.79 Å². The number of carboxylic acids is 1. The highest BCUT2D eigenvalue weighted by Gasteiger charge is 2.12. The van der Waals surface area contributed by atoms with Crippen molar-refractivity contribution in [1.29, 1.82) is 0 Å². The Morgan fingerprint density at radius 2 is 2.09 bits per heavy atom. The quantitative estimate of drug-likeness (QED) is 0.281. The second-order valence-corrected chi connectivity index (χ2v) is 1.85. The third kappa shape index (κ3) is 3.40. The van der Waals surface area contributed by atoms with E-state index in [4.69, 9.17) is 5.11 Å². The van der Waals surface area contributed by atoms with Gasteiger partial charge in [0.25, 0.3) is 0 Å². The molecule has 4 heteroatoms. The van der Waals surface area contributed by atoms with Gasteiger partial charge in [-0.15, -0.1) is 0 Å². The summed E-state index contributed by atoms with van der Waals surface area (Å²) in [5.41, 5.74) is -0.327. The molecule has 0 spiro atoms. The Balaban J connectivity index is 4.33. The maximum atomic E-state index is 10.6. The van der Waals surface area contributed by atoms with Crippen molar-refractivity contribution < 1.29 is 19.4 Å². The molecule has 0 aliphatic rings. The van der Waals surface area contributed by atoms with Crippen LogP contribution in [0.2, 0.25) is 0 Å². The summed E-state index contributed by atoms with van der Waals surface area (Å²) in [5.74, 6) is -1.77. The molecular weight excluding hydrogens is 148 g/mol. The smallest absolute Gasteiger partial charge is 0.342 e. The zero-order valence-electron chi connectivity index (χ0n) is 6.46. The van der Waals surface area contributed by atoms with Gasteiger partial charge in [-0.1, -0.05) is 0 Å². The molecule has 0 atom stereocenters. The second kappa shape index (κ2) is 4.49. The van der Waals surface area contributed by atoms with Crippen LogP contribution in [0.5, 0.6) is 0 Å². The van der Waals surface area contributed by atoms with Crippen molar-refractivity contribution in [1.82, 2.24) is 0 Å². The first-order valence-corrected chi connectivity index (χ1v) is 3.15. The molecular formula is C7H10O4. The van der Waals surface area contributed by atoms with E-state index >= 15 is 0 Å². The fraction of sp³-hybridized carbons (Fsp3) is 0.429. The van der Waals surface area contributed by atoms with Crippen LogP contribution in [0.1, 0.15) is 13.8 Å². The lowest BCUT2D eigenvalue weighted by molar-refractivity contribution is -0.134. The van der Waals surface area contributed by atoms with Crippen LogP contribution in [0.3, 0.4) is 0 Å². The lowest BCUT2D eigenvalue weighted by Gasteiger charge is -1.96. The van der Waals surface area contributed by atoms with E-state index in [2.05, 4.69) is 4.74 Å². The summed E-state index contributed by atoms with van der Waals surface area (Å²) < 4.78 is 4.65. The highest BCUT2D eigenvalue weighted by molar-refractivity contribution is 6.15. The average molecular weight is 158 g/mol. The molecule has 62 valence electrons.